The molecule has 0 saturated carbocycles. The second-order valence-electron chi connectivity index (χ2n) is 5.14. The summed E-state index contributed by atoms with van der Waals surface area (Å²) in [5.41, 5.74) is 8.52. The van der Waals surface area contributed by atoms with Gasteiger partial charge < -0.3 is 14.9 Å². The van der Waals surface area contributed by atoms with Gasteiger partial charge in [0.25, 0.3) is 11.1 Å². The normalized spacial score (nSPS) is 13.4. The summed E-state index contributed by atoms with van der Waals surface area (Å²) >= 11 is 0. The molecule has 2 heterocycles. The first kappa shape index (κ1) is 12.7. The fraction of sp³-hybridized carbons (Fsp3) is 0.333. The fourth-order valence-electron chi connectivity index (χ4n) is 2.81. The van der Waals surface area contributed by atoms with Crippen molar-refractivity contribution in [3.8, 4) is 0 Å². The van der Waals surface area contributed by atoms with Crippen LogP contribution in [0.25, 0.3) is 0 Å². The maximum atomic E-state index is 12.0. The summed E-state index contributed by atoms with van der Waals surface area (Å²) < 4.78 is 3.34. The van der Waals surface area contributed by atoms with E-state index >= 15 is 0 Å². The number of rotatable bonds is 3. The van der Waals surface area contributed by atoms with Crippen LogP contribution in [0, 0.1) is 0 Å². The third-order valence-electron chi connectivity index (χ3n) is 3.82. The molecule has 0 amide bonds. The average Bonchev–Trinajstić information content (AvgIpc) is 2.90. The van der Waals surface area contributed by atoms with Crippen molar-refractivity contribution in [3.63, 3.8) is 0 Å². The molecule has 2 aromatic rings. The Bertz CT molecular complexity index is 758. The Morgan fingerprint density at radius 1 is 1.00 bits per heavy atom. The Labute approximate surface area is 116 Å². The molecular formula is C15H17N3O2. The Hall–Kier alpha value is -2.30. The van der Waals surface area contributed by atoms with Crippen LogP contribution < -0.4 is 16.9 Å². The van der Waals surface area contributed by atoms with Gasteiger partial charge in [-0.15, -0.1) is 0 Å². The second-order valence-corrected chi connectivity index (χ2v) is 5.14. The van der Waals surface area contributed by atoms with E-state index in [0.717, 1.165) is 25.0 Å². The molecule has 0 unspecified atom stereocenters. The van der Waals surface area contributed by atoms with Crippen LogP contribution in [0.5, 0.6) is 0 Å². The topological polar surface area (TPSA) is 70.0 Å². The van der Waals surface area contributed by atoms with Gasteiger partial charge >= 0.3 is 0 Å². The Morgan fingerprint density at radius 3 is 2.65 bits per heavy atom. The smallest absolute Gasteiger partial charge is 0.250 e. The van der Waals surface area contributed by atoms with Crippen LogP contribution in [0.1, 0.15) is 17.7 Å². The van der Waals surface area contributed by atoms with Gasteiger partial charge in [0.2, 0.25) is 0 Å². The SMILES string of the molecule is Nc1ccc(=O)n(CCn2c3c(ccc2=O)CCC3)c1. The summed E-state index contributed by atoms with van der Waals surface area (Å²) in [6, 6.07) is 6.58. The molecule has 0 spiro atoms. The maximum Gasteiger partial charge on any atom is 0.250 e. The molecule has 2 aromatic heterocycles. The van der Waals surface area contributed by atoms with Crippen molar-refractivity contribution in [1.29, 1.82) is 0 Å². The van der Waals surface area contributed by atoms with Crippen molar-refractivity contribution in [2.45, 2.75) is 32.4 Å². The van der Waals surface area contributed by atoms with Crippen LogP contribution in [0.3, 0.4) is 0 Å². The quantitative estimate of drug-likeness (QED) is 0.897. The van der Waals surface area contributed by atoms with E-state index in [0.29, 0.717) is 18.8 Å². The molecule has 2 N–H and O–H groups in total. The number of pyridine rings is 2. The highest BCUT2D eigenvalue weighted by atomic mass is 16.1. The molecule has 0 aromatic carbocycles. The highest BCUT2D eigenvalue weighted by Crippen LogP contribution is 2.19. The zero-order chi connectivity index (χ0) is 14.1. The summed E-state index contributed by atoms with van der Waals surface area (Å²) in [5.74, 6) is 0. The van der Waals surface area contributed by atoms with Crippen molar-refractivity contribution in [3.05, 3.63) is 62.4 Å². The maximum absolute atomic E-state index is 12.0. The van der Waals surface area contributed by atoms with Crippen molar-refractivity contribution in [2.24, 2.45) is 0 Å². The van der Waals surface area contributed by atoms with E-state index in [1.165, 1.54) is 11.6 Å². The molecule has 20 heavy (non-hydrogen) atoms. The standard InChI is InChI=1S/C15H17N3O2/c16-12-5-7-14(19)17(10-12)8-9-18-13-3-1-2-11(13)4-6-15(18)20/h4-7,10H,1-3,8-9,16H2. The van der Waals surface area contributed by atoms with E-state index < -0.39 is 0 Å². The van der Waals surface area contributed by atoms with Crippen LogP contribution in [-0.4, -0.2) is 9.13 Å². The van der Waals surface area contributed by atoms with Gasteiger partial charge in [-0.05, 0) is 30.9 Å². The van der Waals surface area contributed by atoms with Crippen molar-refractivity contribution < 1.29 is 0 Å². The van der Waals surface area contributed by atoms with Gasteiger partial charge in [0.15, 0.2) is 0 Å². The van der Waals surface area contributed by atoms with Crippen LogP contribution in [-0.2, 0) is 25.9 Å². The zero-order valence-corrected chi connectivity index (χ0v) is 11.2. The number of fused-ring (bicyclic) bond motifs is 1. The van der Waals surface area contributed by atoms with Gasteiger partial charge in [-0.1, -0.05) is 6.07 Å². The van der Waals surface area contributed by atoms with Gasteiger partial charge in [-0.25, -0.2) is 0 Å². The molecule has 104 valence electrons. The fourth-order valence-corrected chi connectivity index (χ4v) is 2.81. The van der Waals surface area contributed by atoms with Crippen LogP contribution in [0.15, 0.2) is 40.1 Å². The number of aromatic nitrogens is 2. The molecule has 0 radical (unpaired) electrons. The molecule has 3 rings (SSSR count). The van der Waals surface area contributed by atoms with E-state index in [4.69, 9.17) is 5.73 Å². The number of aryl methyl sites for hydroxylation is 2. The minimum Gasteiger partial charge on any atom is -0.398 e. The summed E-state index contributed by atoms with van der Waals surface area (Å²) in [6.07, 6.45) is 4.69. The largest absolute Gasteiger partial charge is 0.398 e. The van der Waals surface area contributed by atoms with Crippen molar-refractivity contribution in [1.82, 2.24) is 9.13 Å². The monoisotopic (exact) mass is 271 g/mol. The molecule has 0 saturated heterocycles. The van der Waals surface area contributed by atoms with Crippen molar-refractivity contribution >= 4 is 5.69 Å². The van der Waals surface area contributed by atoms with Gasteiger partial charge in [0.1, 0.15) is 0 Å². The lowest BCUT2D eigenvalue weighted by Gasteiger charge is -2.13. The number of nitrogens with two attached hydrogens (primary N) is 1. The lowest BCUT2D eigenvalue weighted by Crippen LogP contribution is -2.28. The first-order valence-electron chi connectivity index (χ1n) is 6.83. The third-order valence-corrected chi connectivity index (χ3v) is 3.82. The minimum absolute atomic E-state index is 0.00241. The molecule has 1 aliphatic rings. The molecule has 0 fully saturated rings. The number of hydrogen-bond acceptors (Lipinski definition) is 3. The first-order chi connectivity index (χ1) is 9.65. The predicted octanol–water partition coefficient (Wildman–Crippen LogP) is 0.781. The lowest BCUT2D eigenvalue weighted by atomic mass is 10.2. The van der Waals surface area contributed by atoms with E-state index in [1.54, 1.807) is 27.5 Å². The predicted molar refractivity (Wildman–Crippen MR) is 77.8 cm³/mol. The number of nitrogen functional groups attached to an aromatic ring is 1. The highest BCUT2D eigenvalue weighted by Gasteiger charge is 2.15. The molecule has 5 nitrogen and oxygen atoms in total. The Morgan fingerprint density at radius 2 is 1.80 bits per heavy atom. The van der Waals surface area contributed by atoms with Gasteiger partial charge in [-0.2, -0.15) is 0 Å². The minimum atomic E-state index is -0.0974. The molecule has 0 bridgehead atoms. The highest BCUT2D eigenvalue weighted by molar-refractivity contribution is 5.33. The third kappa shape index (κ3) is 2.27. The summed E-state index contributed by atoms with van der Waals surface area (Å²) in [5, 5.41) is 0. The van der Waals surface area contributed by atoms with E-state index in [2.05, 4.69) is 0 Å². The van der Waals surface area contributed by atoms with Gasteiger partial charge in [-0.3, -0.25) is 9.59 Å². The van der Waals surface area contributed by atoms with Crippen LogP contribution in [0.4, 0.5) is 5.69 Å². The molecule has 1 aliphatic carbocycles. The van der Waals surface area contributed by atoms with Crippen LogP contribution >= 0.6 is 0 Å². The Kier molecular flexibility index (Phi) is 3.18. The summed E-state index contributed by atoms with van der Waals surface area (Å²) in [4.78, 5) is 23.7. The number of hydrogen-bond donors (Lipinski definition) is 1. The number of nitrogens with zero attached hydrogens (tertiary/aromatic N) is 2. The summed E-state index contributed by atoms with van der Waals surface area (Å²) in [6.45, 7) is 0.964. The van der Waals surface area contributed by atoms with E-state index in [9.17, 15) is 9.59 Å². The lowest BCUT2D eigenvalue weighted by molar-refractivity contribution is 0.539. The molecule has 5 heteroatoms. The van der Waals surface area contributed by atoms with E-state index in [1.807, 2.05) is 6.07 Å². The molecular weight excluding hydrogens is 254 g/mol. The summed E-state index contributed by atoms with van der Waals surface area (Å²) in [7, 11) is 0. The zero-order valence-electron chi connectivity index (χ0n) is 11.2. The second kappa shape index (κ2) is 5.00. The average molecular weight is 271 g/mol. The Balaban J connectivity index is 1.90. The number of anilines is 1. The molecule has 0 aliphatic heterocycles. The van der Waals surface area contributed by atoms with Crippen molar-refractivity contribution in [2.75, 3.05) is 5.73 Å². The van der Waals surface area contributed by atoms with Crippen LogP contribution in [0.2, 0.25) is 0 Å². The van der Waals surface area contributed by atoms with E-state index in [-0.39, 0.29) is 11.1 Å². The van der Waals surface area contributed by atoms with Gasteiger partial charge in [0.05, 0.1) is 0 Å². The van der Waals surface area contributed by atoms with Gasteiger partial charge in [0, 0.05) is 42.8 Å². The first-order valence-corrected chi connectivity index (χ1v) is 6.83. The molecule has 0 atom stereocenters.